The lowest BCUT2D eigenvalue weighted by Gasteiger charge is -2.23. The summed E-state index contributed by atoms with van der Waals surface area (Å²) >= 11 is 0. The Morgan fingerprint density at radius 2 is 2.06 bits per heavy atom. The van der Waals surface area contributed by atoms with Crippen molar-refractivity contribution in [2.75, 3.05) is 31.6 Å². The molecule has 18 heavy (non-hydrogen) atoms. The molecule has 0 atom stereocenters. The van der Waals surface area contributed by atoms with E-state index in [0.29, 0.717) is 0 Å². The number of hydrogen-bond donors (Lipinski definition) is 1. The van der Waals surface area contributed by atoms with Crippen LogP contribution in [0, 0.1) is 13.8 Å². The molecule has 0 aromatic heterocycles. The van der Waals surface area contributed by atoms with Gasteiger partial charge in [0.2, 0.25) is 0 Å². The van der Waals surface area contributed by atoms with Gasteiger partial charge in [-0.05, 0) is 44.0 Å². The van der Waals surface area contributed by atoms with Gasteiger partial charge in [0, 0.05) is 25.8 Å². The van der Waals surface area contributed by atoms with Crippen LogP contribution in [0.15, 0.2) is 30.4 Å². The van der Waals surface area contributed by atoms with E-state index in [9.17, 15) is 0 Å². The predicted molar refractivity (Wildman–Crippen MR) is 81.5 cm³/mol. The van der Waals surface area contributed by atoms with Crippen LogP contribution in [0.4, 0.5) is 5.69 Å². The normalized spacial score (nSPS) is 10.4. The first kappa shape index (κ1) is 14.8. The Kier molecular flexibility index (Phi) is 5.93. The maximum atomic E-state index is 4.14. The van der Waals surface area contributed by atoms with Crippen LogP contribution in [-0.4, -0.2) is 26.7 Å². The van der Waals surface area contributed by atoms with Crippen molar-refractivity contribution in [2.24, 2.45) is 0 Å². The summed E-state index contributed by atoms with van der Waals surface area (Å²) in [7, 11) is 2.13. The van der Waals surface area contributed by atoms with Gasteiger partial charge >= 0.3 is 0 Å². The lowest BCUT2D eigenvalue weighted by Crippen LogP contribution is -2.26. The number of nitrogens with zero attached hydrogens (tertiary/aromatic N) is 1. The van der Waals surface area contributed by atoms with E-state index in [4.69, 9.17) is 0 Å². The third-order valence-electron chi connectivity index (χ3n) is 3.03. The van der Waals surface area contributed by atoms with Gasteiger partial charge in [-0.1, -0.05) is 31.2 Å². The summed E-state index contributed by atoms with van der Waals surface area (Å²) in [6.45, 7) is 13.5. The van der Waals surface area contributed by atoms with Crippen molar-refractivity contribution in [3.05, 3.63) is 41.5 Å². The number of benzene rings is 1. The average molecular weight is 246 g/mol. The fourth-order valence-electron chi connectivity index (χ4n) is 2.15. The molecule has 2 nitrogen and oxygen atoms in total. The van der Waals surface area contributed by atoms with Gasteiger partial charge in [0.05, 0.1) is 0 Å². The minimum absolute atomic E-state index is 0.903. The van der Waals surface area contributed by atoms with Crippen LogP contribution in [0.3, 0.4) is 0 Å². The molecule has 1 aromatic rings. The van der Waals surface area contributed by atoms with Crippen molar-refractivity contribution >= 4 is 5.69 Å². The maximum absolute atomic E-state index is 4.14. The molecule has 1 aromatic carbocycles. The highest BCUT2D eigenvalue weighted by atomic mass is 15.1. The summed E-state index contributed by atoms with van der Waals surface area (Å²) in [5.74, 6) is 0. The van der Waals surface area contributed by atoms with E-state index >= 15 is 0 Å². The summed E-state index contributed by atoms with van der Waals surface area (Å²) in [6.07, 6.45) is 1.17. The van der Waals surface area contributed by atoms with Gasteiger partial charge in [-0.25, -0.2) is 0 Å². The molecule has 0 unspecified atom stereocenters. The molecule has 0 amide bonds. The van der Waals surface area contributed by atoms with Crippen molar-refractivity contribution in [3.8, 4) is 0 Å². The minimum Gasteiger partial charge on any atom is -0.370 e. The quantitative estimate of drug-likeness (QED) is 0.586. The molecule has 0 aliphatic rings. The van der Waals surface area contributed by atoms with Crippen LogP contribution >= 0.6 is 0 Å². The Morgan fingerprint density at radius 1 is 1.33 bits per heavy atom. The lowest BCUT2D eigenvalue weighted by atomic mass is 10.1. The summed E-state index contributed by atoms with van der Waals surface area (Å²) in [5.41, 5.74) is 5.16. The number of rotatable bonds is 7. The molecule has 0 radical (unpaired) electrons. The third-order valence-corrected chi connectivity index (χ3v) is 3.03. The highest BCUT2D eigenvalue weighted by Crippen LogP contribution is 2.20. The van der Waals surface area contributed by atoms with E-state index in [1.165, 1.54) is 28.8 Å². The van der Waals surface area contributed by atoms with Gasteiger partial charge in [-0.15, -0.1) is 0 Å². The standard InChI is InChI=1S/C16H26N2/c1-6-9-17-11-14(3)12-18(5)16-8-7-13(2)10-15(16)4/h7-8,10,17H,3,6,9,11-12H2,1-2,4-5H3. The Hall–Kier alpha value is -1.28. The fraction of sp³-hybridized carbons (Fsp3) is 0.500. The van der Waals surface area contributed by atoms with Gasteiger partial charge in [0.15, 0.2) is 0 Å². The van der Waals surface area contributed by atoms with Crippen molar-refractivity contribution in [3.63, 3.8) is 0 Å². The molecule has 1 N–H and O–H groups in total. The zero-order chi connectivity index (χ0) is 13.5. The Labute approximate surface area is 112 Å². The maximum Gasteiger partial charge on any atom is 0.0396 e. The molecule has 0 saturated heterocycles. The fourth-order valence-corrected chi connectivity index (χ4v) is 2.15. The Morgan fingerprint density at radius 3 is 2.67 bits per heavy atom. The summed E-state index contributed by atoms with van der Waals surface area (Å²) in [6, 6.07) is 6.58. The van der Waals surface area contributed by atoms with E-state index in [1.54, 1.807) is 0 Å². The molecule has 2 heteroatoms. The van der Waals surface area contributed by atoms with Gasteiger partial charge in [-0.2, -0.15) is 0 Å². The monoisotopic (exact) mass is 246 g/mol. The first-order valence-corrected chi connectivity index (χ1v) is 6.70. The van der Waals surface area contributed by atoms with Crippen molar-refractivity contribution < 1.29 is 0 Å². The molecule has 1 rings (SSSR count). The number of aryl methyl sites for hydroxylation is 2. The molecule has 100 valence electrons. The Balaban J connectivity index is 2.54. The first-order valence-electron chi connectivity index (χ1n) is 6.70. The zero-order valence-corrected chi connectivity index (χ0v) is 12.2. The predicted octanol–water partition coefficient (Wildman–Crippen LogP) is 3.30. The van der Waals surface area contributed by atoms with Crippen molar-refractivity contribution in [2.45, 2.75) is 27.2 Å². The number of nitrogens with one attached hydrogen (secondary N) is 1. The SMILES string of the molecule is C=C(CNCCC)CN(C)c1ccc(C)cc1C. The molecule has 0 aliphatic carbocycles. The molecule has 0 fully saturated rings. The lowest BCUT2D eigenvalue weighted by molar-refractivity contribution is 0.705. The largest absolute Gasteiger partial charge is 0.370 e. The van der Waals surface area contributed by atoms with E-state index in [1.807, 2.05) is 0 Å². The van der Waals surface area contributed by atoms with Gasteiger partial charge in [-0.3, -0.25) is 0 Å². The third kappa shape index (κ3) is 4.53. The number of likely N-dealkylation sites (N-methyl/N-ethyl adjacent to an activating group) is 1. The van der Waals surface area contributed by atoms with Crippen molar-refractivity contribution in [1.29, 1.82) is 0 Å². The van der Waals surface area contributed by atoms with Crippen LogP contribution in [0.5, 0.6) is 0 Å². The van der Waals surface area contributed by atoms with E-state index in [2.05, 4.69) is 62.8 Å². The second-order valence-corrected chi connectivity index (χ2v) is 5.07. The Bertz CT molecular complexity index is 396. The van der Waals surface area contributed by atoms with Crippen LogP contribution in [0.2, 0.25) is 0 Å². The van der Waals surface area contributed by atoms with Crippen molar-refractivity contribution in [1.82, 2.24) is 5.32 Å². The highest BCUT2D eigenvalue weighted by molar-refractivity contribution is 5.54. The molecule has 0 spiro atoms. The molecule has 0 saturated carbocycles. The minimum atomic E-state index is 0.903. The number of anilines is 1. The van der Waals surface area contributed by atoms with Gasteiger partial charge < -0.3 is 10.2 Å². The topological polar surface area (TPSA) is 15.3 Å². The summed E-state index contributed by atoms with van der Waals surface area (Å²) < 4.78 is 0. The molecule has 0 bridgehead atoms. The van der Waals surface area contributed by atoms with Crippen LogP contribution in [0.1, 0.15) is 24.5 Å². The highest BCUT2D eigenvalue weighted by Gasteiger charge is 2.05. The van der Waals surface area contributed by atoms with Crippen LogP contribution < -0.4 is 10.2 Å². The van der Waals surface area contributed by atoms with E-state index < -0.39 is 0 Å². The summed E-state index contributed by atoms with van der Waals surface area (Å²) in [5, 5.41) is 3.39. The molecule has 0 heterocycles. The van der Waals surface area contributed by atoms with Crippen LogP contribution in [0.25, 0.3) is 0 Å². The van der Waals surface area contributed by atoms with Crippen LogP contribution in [-0.2, 0) is 0 Å². The smallest absolute Gasteiger partial charge is 0.0396 e. The molecular formula is C16H26N2. The van der Waals surface area contributed by atoms with E-state index in [-0.39, 0.29) is 0 Å². The second kappa shape index (κ2) is 7.22. The van der Waals surface area contributed by atoms with E-state index in [0.717, 1.165) is 19.6 Å². The number of hydrogen-bond acceptors (Lipinski definition) is 2. The average Bonchev–Trinajstić information content (AvgIpc) is 2.28. The first-order chi connectivity index (χ1) is 8.54. The van der Waals surface area contributed by atoms with Gasteiger partial charge in [0.1, 0.15) is 0 Å². The molecule has 0 aliphatic heterocycles. The summed E-state index contributed by atoms with van der Waals surface area (Å²) in [4.78, 5) is 2.27. The zero-order valence-electron chi connectivity index (χ0n) is 12.2. The second-order valence-electron chi connectivity index (χ2n) is 5.07. The molecular weight excluding hydrogens is 220 g/mol. The van der Waals surface area contributed by atoms with Gasteiger partial charge in [0.25, 0.3) is 0 Å².